The summed E-state index contributed by atoms with van der Waals surface area (Å²) < 4.78 is 25.7. The Morgan fingerprint density at radius 2 is 1.67 bits per heavy atom. The summed E-state index contributed by atoms with van der Waals surface area (Å²) in [6.07, 6.45) is 1.76. The molecule has 0 atom stereocenters. The molecular weight excluding hydrogens is 163 g/mol. The Morgan fingerprint density at radius 3 is 1.89 bits per heavy atom. The molecule has 0 aliphatic carbocycles. The van der Waals surface area contributed by atoms with Crippen LogP contribution in [0.5, 0.6) is 0 Å². The second kappa shape index (κ2) is 2.60. The van der Waals surface area contributed by atoms with Crippen molar-refractivity contribution in [2.45, 2.75) is 12.8 Å². The second-order valence-electron chi connectivity index (χ2n) is 2.10. The van der Waals surface area contributed by atoms with Gasteiger partial charge in [-0.25, -0.2) is 4.67 Å². The molecule has 54 valence electrons. The zero-order chi connectivity index (χ0) is 6.91. The van der Waals surface area contributed by atoms with Crippen molar-refractivity contribution < 1.29 is 8.39 Å². The molecular formula is C4H8F2NPS. The molecule has 0 bridgehead atoms. The molecule has 9 heavy (non-hydrogen) atoms. The first-order valence-corrected chi connectivity index (χ1v) is 5.39. The van der Waals surface area contributed by atoms with Gasteiger partial charge in [0.15, 0.2) is 0 Å². The summed E-state index contributed by atoms with van der Waals surface area (Å²) in [7, 11) is 0. The van der Waals surface area contributed by atoms with Crippen LogP contribution < -0.4 is 0 Å². The van der Waals surface area contributed by atoms with Crippen molar-refractivity contribution in [1.29, 1.82) is 0 Å². The highest BCUT2D eigenvalue weighted by molar-refractivity contribution is 8.08. The van der Waals surface area contributed by atoms with Gasteiger partial charge in [0.2, 0.25) is 0 Å². The van der Waals surface area contributed by atoms with E-state index in [9.17, 15) is 8.39 Å². The zero-order valence-electron chi connectivity index (χ0n) is 4.89. The highest BCUT2D eigenvalue weighted by Crippen LogP contribution is 2.54. The summed E-state index contributed by atoms with van der Waals surface area (Å²) in [5.41, 5.74) is 0. The Morgan fingerprint density at radius 1 is 1.22 bits per heavy atom. The minimum Gasteiger partial charge on any atom is -0.225 e. The van der Waals surface area contributed by atoms with Gasteiger partial charge in [0.25, 0.3) is 0 Å². The van der Waals surface area contributed by atoms with Crippen LogP contribution in [0.15, 0.2) is 0 Å². The molecule has 0 aromatic carbocycles. The lowest BCUT2D eigenvalue weighted by Crippen LogP contribution is -2.10. The Labute approximate surface area is 58.3 Å². The van der Waals surface area contributed by atoms with Gasteiger partial charge in [-0.15, -0.1) is 0 Å². The number of hydrogen-bond donors (Lipinski definition) is 0. The molecule has 1 aliphatic rings. The SMILES string of the molecule is FP(F)(=S)N1CCCC1. The first-order valence-electron chi connectivity index (χ1n) is 2.85. The molecule has 5 heteroatoms. The molecule has 0 unspecified atom stereocenters. The standard InChI is InChI=1S/C4H8F2NPS/c5-8(6,9)7-3-1-2-4-7/h1-4H2. The third kappa shape index (κ3) is 1.95. The lowest BCUT2D eigenvalue weighted by molar-refractivity contribution is 0.488. The van der Waals surface area contributed by atoms with Gasteiger partial charge in [0.1, 0.15) is 0 Å². The maximum Gasteiger partial charge on any atom is 0.341 e. The molecule has 1 nitrogen and oxygen atoms in total. The first kappa shape index (κ1) is 7.58. The summed E-state index contributed by atoms with van der Waals surface area (Å²) in [5, 5.41) is 0. The highest BCUT2D eigenvalue weighted by atomic mass is 32.5. The van der Waals surface area contributed by atoms with Gasteiger partial charge in [-0.1, -0.05) is 0 Å². The van der Waals surface area contributed by atoms with Crippen LogP contribution in [0.1, 0.15) is 12.8 Å². The van der Waals surface area contributed by atoms with Gasteiger partial charge in [-0.05, 0) is 24.6 Å². The van der Waals surface area contributed by atoms with Crippen molar-refractivity contribution in [3.05, 3.63) is 0 Å². The molecule has 0 N–H and O–H groups in total. The summed E-state index contributed by atoms with van der Waals surface area (Å²) in [4.78, 5) is 0. The zero-order valence-corrected chi connectivity index (χ0v) is 6.60. The van der Waals surface area contributed by atoms with Crippen LogP contribution in [-0.2, 0) is 11.8 Å². The van der Waals surface area contributed by atoms with E-state index in [1.54, 1.807) is 0 Å². The van der Waals surface area contributed by atoms with E-state index in [2.05, 4.69) is 11.8 Å². The van der Waals surface area contributed by atoms with Crippen molar-refractivity contribution in [2.75, 3.05) is 13.1 Å². The predicted molar refractivity (Wildman–Crippen MR) is 37.3 cm³/mol. The minimum absolute atomic E-state index is 0.504. The molecule has 1 fully saturated rings. The fourth-order valence-electron chi connectivity index (χ4n) is 0.933. The topological polar surface area (TPSA) is 3.24 Å². The van der Waals surface area contributed by atoms with Crippen LogP contribution in [0.2, 0.25) is 0 Å². The monoisotopic (exact) mass is 171 g/mol. The molecule has 0 saturated carbocycles. The summed E-state index contributed by atoms with van der Waals surface area (Å²) in [5.74, 6) is 0. The predicted octanol–water partition coefficient (Wildman–Crippen LogP) is 2.25. The molecule has 1 heterocycles. The van der Waals surface area contributed by atoms with Crippen LogP contribution in [0, 0.1) is 0 Å². The van der Waals surface area contributed by atoms with Gasteiger partial charge in [-0.3, -0.25) is 0 Å². The Kier molecular flexibility index (Phi) is 2.19. The van der Waals surface area contributed by atoms with E-state index < -0.39 is 6.81 Å². The molecule has 0 aromatic rings. The summed E-state index contributed by atoms with van der Waals surface area (Å²) in [6.45, 7) is -3.04. The van der Waals surface area contributed by atoms with E-state index in [-0.39, 0.29) is 0 Å². The Hall–Kier alpha value is 0.470. The maximum atomic E-state index is 12.3. The van der Waals surface area contributed by atoms with Crippen LogP contribution >= 0.6 is 6.81 Å². The van der Waals surface area contributed by atoms with Gasteiger partial charge >= 0.3 is 6.81 Å². The number of nitrogens with zero attached hydrogens (tertiary/aromatic N) is 1. The molecule has 1 saturated heterocycles. The first-order chi connectivity index (χ1) is 4.11. The lowest BCUT2D eigenvalue weighted by atomic mass is 10.4. The Bertz CT molecular complexity index is 140. The quantitative estimate of drug-likeness (QED) is 0.556. The fraction of sp³-hybridized carbons (Fsp3) is 1.00. The number of hydrogen-bond acceptors (Lipinski definition) is 1. The van der Waals surface area contributed by atoms with Crippen LogP contribution in [0.4, 0.5) is 8.39 Å². The van der Waals surface area contributed by atoms with Crippen molar-refractivity contribution in [3.8, 4) is 0 Å². The average Bonchev–Trinajstić information content (AvgIpc) is 2.08. The molecule has 0 aromatic heterocycles. The van der Waals surface area contributed by atoms with Crippen molar-refractivity contribution in [1.82, 2.24) is 4.67 Å². The maximum absolute atomic E-state index is 12.3. The highest BCUT2D eigenvalue weighted by Gasteiger charge is 2.27. The van der Waals surface area contributed by atoms with Crippen LogP contribution in [0.25, 0.3) is 0 Å². The van der Waals surface area contributed by atoms with E-state index in [0.29, 0.717) is 13.1 Å². The van der Waals surface area contributed by atoms with Gasteiger partial charge in [-0.2, -0.15) is 8.39 Å². The van der Waals surface area contributed by atoms with Crippen LogP contribution in [-0.4, -0.2) is 17.8 Å². The number of rotatable bonds is 1. The van der Waals surface area contributed by atoms with E-state index in [4.69, 9.17) is 0 Å². The van der Waals surface area contributed by atoms with E-state index in [1.165, 1.54) is 0 Å². The van der Waals surface area contributed by atoms with E-state index in [0.717, 1.165) is 17.5 Å². The number of halogens is 2. The molecule has 1 aliphatic heterocycles. The summed E-state index contributed by atoms with van der Waals surface area (Å²) >= 11 is 4.05. The smallest absolute Gasteiger partial charge is 0.225 e. The van der Waals surface area contributed by atoms with Gasteiger partial charge in [0, 0.05) is 13.1 Å². The lowest BCUT2D eigenvalue weighted by Gasteiger charge is -2.14. The van der Waals surface area contributed by atoms with Crippen molar-refractivity contribution >= 4 is 18.6 Å². The Balaban J connectivity index is 2.52. The third-order valence-corrected chi connectivity index (χ3v) is 3.16. The third-order valence-electron chi connectivity index (χ3n) is 1.41. The molecule has 0 amide bonds. The average molecular weight is 171 g/mol. The molecule has 1 rings (SSSR count). The second-order valence-corrected chi connectivity index (χ2v) is 4.85. The fourth-order valence-corrected chi connectivity index (χ4v) is 2.17. The minimum atomic E-state index is -4.05. The van der Waals surface area contributed by atoms with Crippen molar-refractivity contribution in [2.24, 2.45) is 0 Å². The normalized spacial score (nSPS) is 22.9. The van der Waals surface area contributed by atoms with E-state index in [1.807, 2.05) is 0 Å². The van der Waals surface area contributed by atoms with Gasteiger partial charge in [0.05, 0.1) is 0 Å². The summed E-state index contributed by atoms with van der Waals surface area (Å²) in [6, 6.07) is 0. The van der Waals surface area contributed by atoms with Gasteiger partial charge < -0.3 is 0 Å². The largest absolute Gasteiger partial charge is 0.341 e. The van der Waals surface area contributed by atoms with E-state index >= 15 is 0 Å². The van der Waals surface area contributed by atoms with Crippen molar-refractivity contribution in [3.63, 3.8) is 0 Å². The molecule has 0 radical (unpaired) electrons. The molecule has 0 spiro atoms. The van der Waals surface area contributed by atoms with Crippen LogP contribution in [0.3, 0.4) is 0 Å².